The first-order chi connectivity index (χ1) is 10.1. The van der Waals surface area contributed by atoms with Crippen molar-refractivity contribution < 1.29 is 14.6 Å². The Morgan fingerprint density at radius 2 is 2.00 bits per heavy atom. The molecule has 2 rings (SSSR count). The minimum Gasteiger partial charge on any atom is -0.384 e. The first-order valence-corrected chi connectivity index (χ1v) is 7.19. The zero-order valence-electron chi connectivity index (χ0n) is 12.3. The molecule has 0 aromatic heterocycles. The highest BCUT2D eigenvalue weighted by Crippen LogP contribution is 2.28. The van der Waals surface area contributed by atoms with Gasteiger partial charge in [-0.3, -0.25) is 4.79 Å². The van der Waals surface area contributed by atoms with Crippen LogP contribution in [0.4, 0.5) is 0 Å². The summed E-state index contributed by atoms with van der Waals surface area (Å²) in [4.78, 5) is 12.1. The maximum atomic E-state index is 12.1. The van der Waals surface area contributed by atoms with E-state index in [1.54, 1.807) is 24.3 Å². The van der Waals surface area contributed by atoms with Gasteiger partial charge in [-0.15, -0.1) is 0 Å². The molecule has 1 fully saturated rings. The van der Waals surface area contributed by atoms with Gasteiger partial charge in [0.15, 0.2) is 0 Å². The Morgan fingerprint density at radius 1 is 1.33 bits per heavy atom. The Morgan fingerprint density at radius 3 is 2.62 bits per heavy atom. The number of hydrogen-bond acceptors (Lipinski definition) is 3. The SMILES string of the molecule is CC1(CNC(=O)c2ccc(C#CCO)cc2)CCOCC1. The lowest BCUT2D eigenvalue weighted by atomic mass is 9.82. The highest BCUT2D eigenvalue weighted by atomic mass is 16.5. The van der Waals surface area contributed by atoms with E-state index in [0.29, 0.717) is 12.1 Å². The van der Waals surface area contributed by atoms with E-state index in [1.807, 2.05) is 0 Å². The average Bonchev–Trinajstić information content (AvgIpc) is 2.52. The van der Waals surface area contributed by atoms with Crippen LogP contribution >= 0.6 is 0 Å². The number of hydrogen-bond donors (Lipinski definition) is 2. The Kier molecular flexibility index (Phi) is 5.38. The lowest BCUT2D eigenvalue weighted by molar-refractivity contribution is 0.0238. The van der Waals surface area contributed by atoms with E-state index in [1.165, 1.54) is 0 Å². The van der Waals surface area contributed by atoms with Crippen LogP contribution in [-0.2, 0) is 4.74 Å². The van der Waals surface area contributed by atoms with Gasteiger partial charge in [0.1, 0.15) is 6.61 Å². The minimum absolute atomic E-state index is 0.0654. The van der Waals surface area contributed by atoms with Crippen molar-refractivity contribution in [3.63, 3.8) is 0 Å². The van der Waals surface area contributed by atoms with Gasteiger partial charge in [0.05, 0.1) is 0 Å². The summed E-state index contributed by atoms with van der Waals surface area (Å²) in [5, 5.41) is 11.6. The second-order valence-electron chi connectivity index (χ2n) is 5.64. The van der Waals surface area contributed by atoms with E-state index in [0.717, 1.165) is 31.6 Å². The smallest absolute Gasteiger partial charge is 0.251 e. The van der Waals surface area contributed by atoms with Gasteiger partial charge in [-0.05, 0) is 42.5 Å². The van der Waals surface area contributed by atoms with Crippen LogP contribution < -0.4 is 5.32 Å². The number of nitrogens with one attached hydrogen (secondary N) is 1. The average molecular weight is 287 g/mol. The second kappa shape index (κ2) is 7.26. The van der Waals surface area contributed by atoms with E-state index in [-0.39, 0.29) is 17.9 Å². The number of carbonyl (C=O) groups excluding carboxylic acids is 1. The van der Waals surface area contributed by atoms with E-state index < -0.39 is 0 Å². The third-order valence-electron chi connectivity index (χ3n) is 3.83. The molecule has 4 heteroatoms. The molecule has 0 aliphatic carbocycles. The Labute approximate surface area is 125 Å². The molecule has 1 aromatic rings. The highest BCUT2D eigenvalue weighted by Gasteiger charge is 2.27. The second-order valence-corrected chi connectivity index (χ2v) is 5.64. The molecule has 1 aliphatic heterocycles. The zero-order chi connectivity index (χ0) is 15.1. The van der Waals surface area contributed by atoms with Crippen LogP contribution in [0, 0.1) is 17.3 Å². The van der Waals surface area contributed by atoms with E-state index in [9.17, 15) is 4.79 Å². The van der Waals surface area contributed by atoms with E-state index in [2.05, 4.69) is 24.1 Å². The van der Waals surface area contributed by atoms with Crippen LogP contribution in [-0.4, -0.2) is 37.4 Å². The predicted molar refractivity (Wildman–Crippen MR) is 80.9 cm³/mol. The molecular weight excluding hydrogens is 266 g/mol. The summed E-state index contributed by atoms with van der Waals surface area (Å²) in [7, 11) is 0. The van der Waals surface area contributed by atoms with Gasteiger partial charge in [-0.2, -0.15) is 0 Å². The molecule has 0 unspecified atom stereocenters. The van der Waals surface area contributed by atoms with Crippen molar-refractivity contribution >= 4 is 5.91 Å². The van der Waals surface area contributed by atoms with Gasteiger partial charge >= 0.3 is 0 Å². The van der Waals surface area contributed by atoms with Crippen molar-refractivity contribution in [3.05, 3.63) is 35.4 Å². The number of aliphatic hydroxyl groups is 1. The summed E-state index contributed by atoms with van der Waals surface area (Å²) in [5.41, 5.74) is 1.54. The molecule has 1 aliphatic rings. The molecule has 1 aromatic carbocycles. The number of rotatable bonds is 3. The molecule has 0 spiro atoms. The molecule has 0 saturated carbocycles. The molecule has 21 heavy (non-hydrogen) atoms. The molecular formula is C17H21NO3. The van der Waals surface area contributed by atoms with Crippen LogP contribution in [0.2, 0.25) is 0 Å². The monoisotopic (exact) mass is 287 g/mol. The Balaban J connectivity index is 1.91. The van der Waals surface area contributed by atoms with Crippen LogP contribution in [0.25, 0.3) is 0 Å². The van der Waals surface area contributed by atoms with Crippen molar-refractivity contribution in [2.24, 2.45) is 5.41 Å². The van der Waals surface area contributed by atoms with Crippen molar-refractivity contribution in [2.75, 3.05) is 26.4 Å². The molecule has 0 bridgehead atoms. The number of aliphatic hydroxyl groups excluding tert-OH is 1. The summed E-state index contributed by atoms with van der Waals surface area (Å²) < 4.78 is 5.36. The van der Waals surface area contributed by atoms with Crippen LogP contribution in [0.3, 0.4) is 0 Å². The summed E-state index contributed by atoms with van der Waals surface area (Å²) in [6.07, 6.45) is 1.95. The molecule has 0 radical (unpaired) electrons. The molecule has 112 valence electrons. The van der Waals surface area contributed by atoms with Crippen molar-refractivity contribution in [2.45, 2.75) is 19.8 Å². The van der Waals surface area contributed by atoms with Crippen LogP contribution in [0.5, 0.6) is 0 Å². The number of carbonyl (C=O) groups is 1. The maximum Gasteiger partial charge on any atom is 0.251 e. The van der Waals surface area contributed by atoms with Gasteiger partial charge in [0.2, 0.25) is 0 Å². The quantitative estimate of drug-likeness (QED) is 0.830. The van der Waals surface area contributed by atoms with Gasteiger partial charge in [-0.1, -0.05) is 18.8 Å². The minimum atomic E-state index is -0.162. The summed E-state index contributed by atoms with van der Waals surface area (Å²) >= 11 is 0. The van der Waals surface area contributed by atoms with E-state index in [4.69, 9.17) is 9.84 Å². The number of benzene rings is 1. The number of amides is 1. The molecule has 4 nitrogen and oxygen atoms in total. The largest absolute Gasteiger partial charge is 0.384 e. The first kappa shape index (κ1) is 15.6. The molecule has 2 N–H and O–H groups in total. The zero-order valence-corrected chi connectivity index (χ0v) is 12.3. The fourth-order valence-electron chi connectivity index (χ4n) is 2.28. The third-order valence-corrected chi connectivity index (χ3v) is 3.83. The van der Waals surface area contributed by atoms with Gasteiger partial charge < -0.3 is 15.2 Å². The standard InChI is InChI=1S/C17H21NO3/c1-17(8-11-21-12-9-17)13-18-16(20)15-6-4-14(5-7-15)3-2-10-19/h4-7,19H,8-13H2,1H3,(H,18,20). The lowest BCUT2D eigenvalue weighted by Gasteiger charge is -2.33. The molecule has 1 heterocycles. The van der Waals surface area contributed by atoms with Crippen molar-refractivity contribution in [3.8, 4) is 11.8 Å². The maximum absolute atomic E-state index is 12.1. The van der Waals surface area contributed by atoms with Crippen molar-refractivity contribution in [1.29, 1.82) is 0 Å². The van der Waals surface area contributed by atoms with Gasteiger partial charge in [0, 0.05) is 30.9 Å². The van der Waals surface area contributed by atoms with Crippen LogP contribution in [0.15, 0.2) is 24.3 Å². The third kappa shape index (κ3) is 4.59. The van der Waals surface area contributed by atoms with Gasteiger partial charge in [-0.25, -0.2) is 0 Å². The Bertz CT molecular complexity index is 533. The highest BCUT2D eigenvalue weighted by molar-refractivity contribution is 5.94. The summed E-state index contributed by atoms with van der Waals surface area (Å²) in [6, 6.07) is 7.08. The molecule has 1 amide bonds. The first-order valence-electron chi connectivity index (χ1n) is 7.19. The predicted octanol–water partition coefficient (Wildman–Crippen LogP) is 1.58. The Hall–Kier alpha value is -1.83. The normalized spacial score (nSPS) is 16.7. The van der Waals surface area contributed by atoms with Gasteiger partial charge in [0.25, 0.3) is 5.91 Å². The fraction of sp³-hybridized carbons (Fsp3) is 0.471. The lowest BCUT2D eigenvalue weighted by Crippen LogP contribution is -2.39. The summed E-state index contributed by atoms with van der Waals surface area (Å²) in [6.45, 7) is 4.23. The molecule has 1 saturated heterocycles. The fourth-order valence-corrected chi connectivity index (χ4v) is 2.28. The van der Waals surface area contributed by atoms with Crippen LogP contribution in [0.1, 0.15) is 35.7 Å². The summed E-state index contributed by atoms with van der Waals surface area (Å²) in [5.74, 6) is 5.32. The van der Waals surface area contributed by atoms with E-state index >= 15 is 0 Å². The molecule has 0 atom stereocenters. The number of ether oxygens (including phenoxy) is 1. The van der Waals surface area contributed by atoms with Crippen molar-refractivity contribution in [1.82, 2.24) is 5.32 Å². The topological polar surface area (TPSA) is 58.6 Å².